The second-order valence-corrected chi connectivity index (χ2v) is 7.48. The number of amides is 2. The lowest BCUT2D eigenvalue weighted by Gasteiger charge is -2.16. The third-order valence-electron chi connectivity index (χ3n) is 5.36. The van der Waals surface area contributed by atoms with E-state index in [1.807, 2.05) is 37.3 Å². The second-order valence-electron chi connectivity index (χ2n) is 7.48. The number of nitrogens with one attached hydrogen (secondary N) is 1. The number of ether oxygens (including phenoxy) is 1. The number of anilines is 1. The van der Waals surface area contributed by atoms with E-state index in [1.165, 1.54) is 6.07 Å². The third kappa shape index (κ3) is 4.77. The maximum atomic E-state index is 12.2. The fraction of sp³-hybridized carbons (Fsp3) is 0.292. The maximum Gasteiger partial charge on any atom is 0.336 e. The van der Waals surface area contributed by atoms with Crippen molar-refractivity contribution in [2.75, 3.05) is 18.1 Å². The Morgan fingerprint density at radius 2 is 1.94 bits per heavy atom. The summed E-state index contributed by atoms with van der Waals surface area (Å²) in [6.07, 6.45) is 2.21. The van der Waals surface area contributed by atoms with Crippen LogP contribution in [-0.2, 0) is 22.6 Å². The van der Waals surface area contributed by atoms with Gasteiger partial charge in [0, 0.05) is 42.7 Å². The molecule has 1 fully saturated rings. The number of rotatable bonds is 7. The van der Waals surface area contributed by atoms with E-state index >= 15 is 0 Å². The Labute approximate surface area is 179 Å². The fourth-order valence-corrected chi connectivity index (χ4v) is 3.71. The van der Waals surface area contributed by atoms with E-state index in [1.54, 1.807) is 17.0 Å². The zero-order valence-corrected chi connectivity index (χ0v) is 17.3. The Bertz CT molecular complexity index is 1170. The largest absolute Gasteiger partial charge is 0.484 e. The molecule has 2 aromatic carbocycles. The molecule has 1 saturated heterocycles. The topological polar surface area (TPSA) is 88.8 Å². The molecule has 4 rings (SSSR count). The van der Waals surface area contributed by atoms with E-state index in [-0.39, 0.29) is 18.4 Å². The quantitative estimate of drug-likeness (QED) is 0.593. The summed E-state index contributed by atoms with van der Waals surface area (Å²) >= 11 is 0. The van der Waals surface area contributed by atoms with Crippen molar-refractivity contribution in [3.05, 3.63) is 70.1 Å². The van der Waals surface area contributed by atoms with Gasteiger partial charge in [-0.3, -0.25) is 9.59 Å². The average molecular weight is 420 g/mol. The Kier molecular flexibility index (Phi) is 6.02. The van der Waals surface area contributed by atoms with Crippen molar-refractivity contribution in [3.63, 3.8) is 0 Å². The van der Waals surface area contributed by atoms with Gasteiger partial charge in [-0.25, -0.2) is 4.79 Å². The van der Waals surface area contributed by atoms with Crippen LogP contribution in [0.25, 0.3) is 11.0 Å². The SMILES string of the molecule is CCc1cc(=O)oc2cc(OCC(=O)NCc3ccc(N4CCCC4=O)cc3)ccc12. The van der Waals surface area contributed by atoms with E-state index in [9.17, 15) is 14.4 Å². The molecule has 0 unspecified atom stereocenters. The zero-order chi connectivity index (χ0) is 21.8. The summed E-state index contributed by atoms with van der Waals surface area (Å²) in [6.45, 7) is 2.94. The predicted molar refractivity (Wildman–Crippen MR) is 117 cm³/mol. The van der Waals surface area contributed by atoms with Gasteiger partial charge in [0.1, 0.15) is 11.3 Å². The number of carbonyl (C=O) groups is 2. The molecule has 2 amide bonds. The first-order valence-corrected chi connectivity index (χ1v) is 10.4. The van der Waals surface area contributed by atoms with E-state index in [0.717, 1.165) is 41.6 Å². The first-order chi connectivity index (χ1) is 15.0. The smallest absolute Gasteiger partial charge is 0.336 e. The summed E-state index contributed by atoms with van der Waals surface area (Å²) in [6, 6.07) is 14.3. The van der Waals surface area contributed by atoms with Crippen molar-refractivity contribution >= 4 is 28.5 Å². The Morgan fingerprint density at radius 1 is 1.13 bits per heavy atom. The predicted octanol–water partition coefficient (Wildman–Crippen LogP) is 3.18. The van der Waals surface area contributed by atoms with Crippen molar-refractivity contribution in [3.8, 4) is 5.75 Å². The maximum absolute atomic E-state index is 12.2. The minimum absolute atomic E-state index is 0.149. The molecule has 1 aliphatic rings. The standard InChI is InChI=1S/C24H24N2O5/c1-2-17-12-24(29)31-21-13-19(9-10-20(17)21)30-15-22(27)25-14-16-5-7-18(8-6-16)26-11-3-4-23(26)28/h5-10,12-13H,2-4,11,14-15H2,1H3,(H,25,27). The van der Waals surface area contributed by atoms with Crippen LogP contribution in [0.15, 0.2) is 57.7 Å². The van der Waals surface area contributed by atoms with Crippen LogP contribution >= 0.6 is 0 Å². The highest BCUT2D eigenvalue weighted by molar-refractivity contribution is 5.95. The fourth-order valence-electron chi connectivity index (χ4n) is 3.71. The summed E-state index contributed by atoms with van der Waals surface area (Å²) < 4.78 is 10.8. The van der Waals surface area contributed by atoms with Crippen molar-refractivity contribution in [2.45, 2.75) is 32.7 Å². The van der Waals surface area contributed by atoms with Crippen LogP contribution < -0.4 is 20.6 Å². The highest BCUT2D eigenvalue weighted by Gasteiger charge is 2.21. The molecule has 0 atom stereocenters. The van der Waals surface area contributed by atoms with Gasteiger partial charge in [0.15, 0.2) is 6.61 Å². The Morgan fingerprint density at radius 3 is 2.65 bits per heavy atom. The van der Waals surface area contributed by atoms with Crippen LogP contribution in [0.5, 0.6) is 5.75 Å². The summed E-state index contributed by atoms with van der Waals surface area (Å²) in [5.41, 5.74) is 2.77. The first-order valence-electron chi connectivity index (χ1n) is 10.4. The lowest BCUT2D eigenvalue weighted by atomic mass is 10.1. The number of carbonyl (C=O) groups excluding carboxylic acids is 2. The van der Waals surface area contributed by atoms with E-state index < -0.39 is 5.63 Å². The molecular weight excluding hydrogens is 396 g/mol. The molecule has 2 heterocycles. The molecule has 1 aliphatic heterocycles. The molecule has 7 heteroatoms. The number of hydrogen-bond acceptors (Lipinski definition) is 5. The minimum atomic E-state index is -0.403. The average Bonchev–Trinajstić information content (AvgIpc) is 3.21. The molecule has 0 aliphatic carbocycles. The highest BCUT2D eigenvalue weighted by Crippen LogP contribution is 2.23. The van der Waals surface area contributed by atoms with Crippen molar-refractivity contribution in [1.82, 2.24) is 5.32 Å². The van der Waals surface area contributed by atoms with Crippen molar-refractivity contribution < 1.29 is 18.7 Å². The van der Waals surface area contributed by atoms with Gasteiger partial charge in [-0.05, 0) is 48.2 Å². The second kappa shape index (κ2) is 9.04. The normalized spacial score (nSPS) is 13.6. The monoisotopic (exact) mass is 420 g/mol. The molecule has 160 valence electrons. The van der Waals surface area contributed by atoms with Gasteiger partial charge < -0.3 is 19.4 Å². The number of aryl methyl sites for hydroxylation is 1. The molecule has 0 bridgehead atoms. The summed E-state index contributed by atoms with van der Waals surface area (Å²) in [5.74, 6) is 0.346. The van der Waals surface area contributed by atoms with Gasteiger partial charge >= 0.3 is 5.63 Å². The van der Waals surface area contributed by atoms with Crippen LogP contribution in [0.1, 0.15) is 30.9 Å². The van der Waals surface area contributed by atoms with E-state index in [2.05, 4.69) is 5.32 Å². The molecule has 1 aromatic heterocycles. The summed E-state index contributed by atoms with van der Waals surface area (Å²) in [4.78, 5) is 37.4. The van der Waals surface area contributed by atoms with Crippen LogP contribution in [-0.4, -0.2) is 25.0 Å². The molecular formula is C24H24N2O5. The summed E-state index contributed by atoms with van der Waals surface area (Å²) in [7, 11) is 0. The number of benzene rings is 2. The highest BCUT2D eigenvalue weighted by atomic mass is 16.5. The van der Waals surface area contributed by atoms with Crippen LogP contribution in [0.4, 0.5) is 5.69 Å². The molecule has 1 N–H and O–H groups in total. The molecule has 0 radical (unpaired) electrons. The zero-order valence-electron chi connectivity index (χ0n) is 17.3. The van der Waals surface area contributed by atoms with Gasteiger partial charge in [-0.2, -0.15) is 0 Å². The summed E-state index contributed by atoms with van der Waals surface area (Å²) in [5, 5.41) is 3.67. The van der Waals surface area contributed by atoms with E-state index in [0.29, 0.717) is 24.3 Å². The van der Waals surface area contributed by atoms with Crippen LogP contribution in [0.3, 0.4) is 0 Å². The van der Waals surface area contributed by atoms with Crippen molar-refractivity contribution in [1.29, 1.82) is 0 Å². The third-order valence-corrected chi connectivity index (χ3v) is 5.36. The number of fused-ring (bicyclic) bond motifs is 1. The van der Waals surface area contributed by atoms with Gasteiger partial charge in [0.2, 0.25) is 5.91 Å². The minimum Gasteiger partial charge on any atom is -0.484 e. The lowest BCUT2D eigenvalue weighted by molar-refractivity contribution is -0.123. The molecule has 3 aromatic rings. The first kappa shape index (κ1) is 20.7. The number of hydrogen-bond donors (Lipinski definition) is 1. The lowest BCUT2D eigenvalue weighted by Crippen LogP contribution is -2.28. The number of nitrogens with zero attached hydrogens (tertiary/aromatic N) is 1. The van der Waals surface area contributed by atoms with Gasteiger partial charge in [0.25, 0.3) is 5.91 Å². The van der Waals surface area contributed by atoms with Gasteiger partial charge in [0.05, 0.1) is 0 Å². The van der Waals surface area contributed by atoms with Crippen molar-refractivity contribution in [2.24, 2.45) is 0 Å². The molecule has 31 heavy (non-hydrogen) atoms. The molecule has 0 saturated carbocycles. The Balaban J connectivity index is 1.31. The van der Waals surface area contributed by atoms with Crippen LogP contribution in [0, 0.1) is 0 Å². The Hall–Kier alpha value is -3.61. The molecule has 0 spiro atoms. The van der Waals surface area contributed by atoms with Gasteiger partial charge in [-0.1, -0.05) is 19.1 Å². The van der Waals surface area contributed by atoms with Crippen LogP contribution in [0.2, 0.25) is 0 Å². The van der Waals surface area contributed by atoms with E-state index in [4.69, 9.17) is 9.15 Å². The van der Waals surface area contributed by atoms with Gasteiger partial charge in [-0.15, -0.1) is 0 Å². The molecule has 7 nitrogen and oxygen atoms in total.